The minimum Gasteiger partial charge on any atom is -0.326 e. The van der Waals surface area contributed by atoms with Crippen LogP contribution in [0.2, 0.25) is 0 Å². The highest BCUT2D eigenvalue weighted by molar-refractivity contribution is 5.90. The molecule has 0 spiro atoms. The Morgan fingerprint density at radius 1 is 0.952 bits per heavy atom. The number of hydrogen-bond donors (Lipinski definition) is 3. The van der Waals surface area contributed by atoms with Gasteiger partial charge in [0, 0.05) is 20.0 Å². The number of carbonyl (C=O) groups is 2. The van der Waals surface area contributed by atoms with Crippen LogP contribution in [-0.2, 0) is 9.59 Å². The van der Waals surface area contributed by atoms with Crippen LogP contribution in [-0.4, -0.2) is 17.0 Å². The highest BCUT2D eigenvalue weighted by Crippen LogP contribution is 2.09. The zero-order valence-corrected chi connectivity index (χ0v) is 12.9. The summed E-state index contributed by atoms with van der Waals surface area (Å²) in [5.41, 5.74) is 2.41. The summed E-state index contributed by atoms with van der Waals surface area (Å²) < 4.78 is 0. The molecule has 1 aromatic rings. The molecule has 3 N–H and O–H groups in total. The van der Waals surface area contributed by atoms with Gasteiger partial charge in [0.2, 0.25) is 11.8 Å². The Hall–Kier alpha value is -1.88. The molecular formula is C16H28N2O3. The second kappa shape index (κ2) is 13.1. The summed E-state index contributed by atoms with van der Waals surface area (Å²) >= 11 is 0. The second-order valence-corrected chi connectivity index (χ2v) is 4.36. The van der Waals surface area contributed by atoms with E-state index in [2.05, 4.69) is 5.32 Å². The van der Waals surface area contributed by atoms with Gasteiger partial charge in [-0.05, 0) is 25.0 Å². The summed E-state index contributed by atoms with van der Waals surface area (Å²) in [5, 5.41) is 11.1. The number of hydroxylamine groups is 1. The zero-order valence-electron chi connectivity index (χ0n) is 12.9. The predicted molar refractivity (Wildman–Crippen MR) is 86.2 cm³/mol. The van der Waals surface area contributed by atoms with Crippen molar-refractivity contribution >= 4 is 17.5 Å². The second-order valence-electron chi connectivity index (χ2n) is 4.36. The Morgan fingerprint density at radius 2 is 1.48 bits per heavy atom. The van der Waals surface area contributed by atoms with Crippen LogP contribution < -0.4 is 10.8 Å². The van der Waals surface area contributed by atoms with Gasteiger partial charge in [0.15, 0.2) is 0 Å². The number of benzene rings is 1. The molecule has 0 aliphatic rings. The number of hydrogen-bond acceptors (Lipinski definition) is 3. The number of para-hydroxylation sites is 1. The maximum Gasteiger partial charge on any atom is 0.243 e. The fourth-order valence-corrected chi connectivity index (χ4v) is 1.73. The molecule has 0 aliphatic carbocycles. The number of rotatable bonds is 8. The van der Waals surface area contributed by atoms with E-state index in [-0.39, 0.29) is 13.2 Å². The lowest BCUT2D eigenvalue weighted by atomic mass is 10.1. The van der Waals surface area contributed by atoms with Gasteiger partial charge in [-0.25, -0.2) is 5.48 Å². The molecule has 0 saturated heterocycles. The van der Waals surface area contributed by atoms with E-state index in [9.17, 15) is 9.59 Å². The minimum atomic E-state index is -0.359. The number of carbonyl (C=O) groups excluding carboxylic acids is 2. The first-order valence-electron chi connectivity index (χ1n) is 7.50. The number of unbranched alkanes of at least 4 members (excludes halogenated alkanes) is 3. The van der Waals surface area contributed by atoms with Crippen molar-refractivity contribution < 1.29 is 16.2 Å². The van der Waals surface area contributed by atoms with Gasteiger partial charge in [-0.1, -0.05) is 44.9 Å². The van der Waals surface area contributed by atoms with Crippen molar-refractivity contribution in [3.8, 4) is 0 Å². The molecule has 0 radical (unpaired) electrons. The summed E-state index contributed by atoms with van der Waals surface area (Å²) in [5.74, 6) is -0.346. The Morgan fingerprint density at radius 3 is 2.00 bits per heavy atom. The van der Waals surface area contributed by atoms with E-state index in [1.807, 2.05) is 44.2 Å². The predicted octanol–water partition coefficient (Wildman–Crippen LogP) is 3.74. The van der Waals surface area contributed by atoms with Gasteiger partial charge in [-0.2, -0.15) is 0 Å². The molecule has 21 heavy (non-hydrogen) atoms. The van der Waals surface area contributed by atoms with Crippen molar-refractivity contribution in [2.24, 2.45) is 0 Å². The SMILES string of the molecule is CC.O=C(CCCCCCC(=O)Nc1ccccc1)NO.[HH]. The third-order valence-electron chi connectivity index (χ3n) is 2.74. The number of anilines is 1. The van der Waals surface area contributed by atoms with E-state index in [1.165, 1.54) is 0 Å². The van der Waals surface area contributed by atoms with Crippen molar-refractivity contribution in [3.05, 3.63) is 30.3 Å². The topological polar surface area (TPSA) is 78.4 Å². The van der Waals surface area contributed by atoms with Crippen LogP contribution in [0.15, 0.2) is 30.3 Å². The highest BCUT2D eigenvalue weighted by atomic mass is 16.5. The molecule has 0 aliphatic heterocycles. The van der Waals surface area contributed by atoms with Crippen molar-refractivity contribution in [2.45, 2.75) is 52.4 Å². The van der Waals surface area contributed by atoms with Crippen LogP contribution in [0, 0.1) is 0 Å². The van der Waals surface area contributed by atoms with E-state index in [4.69, 9.17) is 5.21 Å². The molecule has 1 aromatic carbocycles. The summed E-state index contributed by atoms with van der Waals surface area (Å²) in [6, 6.07) is 9.36. The molecule has 120 valence electrons. The van der Waals surface area contributed by atoms with E-state index >= 15 is 0 Å². The van der Waals surface area contributed by atoms with E-state index in [0.29, 0.717) is 12.8 Å². The van der Waals surface area contributed by atoms with Crippen LogP contribution in [0.4, 0.5) is 5.69 Å². The van der Waals surface area contributed by atoms with Crippen molar-refractivity contribution in [1.82, 2.24) is 5.48 Å². The van der Waals surface area contributed by atoms with Crippen LogP contribution in [0.3, 0.4) is 0 Å². The summed E-state index contributed by atoms with van der Waals surface area (Å²) in [6.07, 6.45) is 4.13. The summed E-state index contributed by atoms with van der Waals surface area (Å²) in [4.78, 5) is 22.3. The normalized spacial score (nSPS) is 9.29. The fraction of sp³-hybridized carbons (Fsp3) is 0.500. The molecule has 0 atom stereocenters. The van der Waals surface area contributed by atoms with E-state index < -0.39 is 0 Å². The average Bonchev–Trinajstić information content (AvgIpc) is 2.53. The largest absolute Gasteiger partial charge is 0.326 e. The van der Waals surface area contributed by atoms with Crippen molar-refractivity contribution in [3.63, 3.8) is 0 Å². The van der Waals surface area contributed by atoms with Gasteiger partial charge >= 0.3 is 0 Å². The summed E-state index contributed by atoms with van der Waals surface area (Å²) in [7, 11) is 0. The van der Waals surface area contributed by atoms with Crippen LogP contribution >= 0.6 is 0 Å². The van der Waals surface area contributed by atoms with Gasteiger partial charge in [0.25, 0.3) is 0 Å². The third-order valence-corrected chi connectivity index (χ3v) is 2.74. The van der Waals surface area contributed by atoms with Gasteiger partial charge in [0.05, 0.1) is 0 Å². The average molecular weight is 296 g/mol. The van der Waals surface area contributed by atoms with Gasteiger partial charge in [-0.3, -0.25) is 14.8 Å². The standard InChI is InChI=1S/C14H20N2O3.C2H6.H2/c17-13(15-12-8-4-3-5-9-12)10-6-1-2-7-11-14(18)16-19;1-2;/h3-5,8-9,19H,1-2,6-7,10-11H2,(H,15,17)(H,16,18);1-2H3;1H. The maximum absolute atomic E-state index is 11.6. The number of nitrogens with one attached hydrogen (secondary N) is 2. The Balaban J connectivity index is 0. The lowest BCUT2D eigenvalue weighted by Gasteiger charge is -2.04. The maximum atomic E-state index is 11.6. The molecule has 0 heterocycles. The van der Waals surface area contributed by atoms with E-state index in [1.54, 1.807) is 5.48 Å². The highest BCUT2D eigenvalue weighted by Gasteiger charge is 2.02. The van der Waals surface area contributed by atoms with E-state index in [0.717, 1.165) is 31.4 Å². The molecule has 0 unspecified atom stereocenters. The molecule has 0 fully saturated rings. The first-order chi connectivity index (χ1) is 10.2. The zero-order chi connectivity index (χ0) is 15.9. The molecule has 1 rings (SSSR count). The molecular weight excluding hydrogens is 268 g/mol. The van der Waals surface area contributed by atoms with Crippen LogP contribution in [0.1, 0.15) is 53.8 Å². The smallest absolute Gasteiger partial charge is 0.243 e. The lowest BCUT2D eigenvalue weighted by Crippen LogP contribution is -2.17. The molecule has 0 aromatic heterocycles. The first kappa shape index (κ1) is 19.1. The Kier molecular flexibility index (Phi) is 11.9. The first-order valence-corrected chi connectivity index (χ1v) is 7.50. The molecule has 5 heteroatoms. The summed E-state index contributed by atoms with van der Waals surface area (Å²) in [6.45, 7) is 4.00. The molecule has 0 saturated carbocycles. The molecule has 2 amide bonds. The van der Waals surface area contributed by atoms with Crippen LogP contribution in [0.25, 0.3) is 0 Å². The van der Waals surface area contributed by atoms with Gasteiger partial charge in [0.1, 0.15) is 0 Å². The van der Waals surface area contributed by atoms with Crippen LogP contribution in [0.5, 0.6) is 0 Å². The molecule has 0 bridgehead atoms. The molecule has 5 nitrogen and oxygen atoms in total. The lowest BCUT2D eigenvalue weighted by molar-refractivity contribution is -0.129. The number of amides is 2. The van der Waals surface area contributed by atoms with Crippen molar-refractivity contribution in [1.29, 1.82) is 0 Å². The Labute approximate surface area is 128 Å². The van der Waals surface area contributed by atoms with Gasteiger partial charge in [-0.15, -0.1) is 0 Å². The van der Waals surface area contributed by atoms with Crippen molar-refractivity contribution in [2.75, 3.05) is 5.32 Å². The minimum absolute atomic E-state index is 0. The monoisotopic (exact) mass is 296 g/mol. The fourth-order valence-electron chi connectivity index (χ4n) is 1.73. The third kappa shape index (κ3) is 10.6. The quantitative estimate of drug-likeness (QED) is 0.388. The van der Waals surface area contributed by atoms with Gasteiger partial charge < -0.3 is 5.32 Å². The Bertz CT molecular complexity index is 400.